The van der Waals surface area contributed by atoms with Crippen LogP contribution in [0.15, 0.2) is 42.5 Å². The number of halogens is 3. The molecule has 2 aromatic carbocycles. The molecule has 0 N–H and O–H groups in total. The predicted octanol–water partition coefficient (Wildman–Crippen LogP) is 5.34. The van der Waals surface area contributed by atoms with Crippen LogP contribution in [0, 0.1) is 5.41 Å². The zero-order chi connectivity index (χ0) is 22.5. The number of alkyl halides is 3. The van der Waals surface area contributed by atoms with Gasteiger partial charge in [0.2, 0.25) is 5.91 Å². The maximum atomic E-state index is 12.9. The lowest BCUT2D eigenvalue weighted by Crippen LogP contribution is -2.40. The Hall–Kier alpha value is -2.70. The van der Waals surface area contributed by atoms with Crippen LogP contribution in [-0.2, 0) is 23.9 Å². The van der Waals surface area contributed by atoms with E-state index in [0.717, 1.165) is 17.7 Å². The zero-order valence-corrected chi connectivity index (χ0v) is 18.0. The van der Waals surface area contributed by atoms with Crippen LogP contribution in [0.1, 0.15) is 37.5 Å². The van der Waals surface area contributed by atoms with Crippen LogP contribution in [0.3, 0.4) is 0 Å². The Kier molecular flexibility index (Phi) is 7.39. The van der Waals surface area contributed by atoms with Crippen LogP contribution in [0.5, 0.6) is 11.5 Å². The second-order valence-electron chi connectivity index (χ2n) is 8.11. The monoisotopic (exact) mass is 423 g/mol. The predicted molar refractivity (Wildman–Crippen MR) is 110 cm³/mol. The largest absolute Gasteiger partial charge is 0.493 e. The van der Waals surface area contributed by atoms with Crippen molar-refractivity contribution in [3.8, 4) is 11.5 Å². The molecule has 0 atom stereocenters. The van der Waals surface area contributed by atoms with Gasteiger partial charge in [-0.1, -0.05) is 39.0 Å². The molecule has 164 valence electrons. The second-order valence-corrected chi connectivity index (χ2v) is 8.11. The van der Waals surface area contributed by atoms with Gasteiger partial charge in [-0.3, -0.25) is 4.79 Å². The summed E-state index contributed by atoms with van der Waals surface area (Å²) in [5, 5.41) is 0. The first-order valence-electron chi connectivity index (χ1n) is 9.62. The Bertz CT molecular complexity index is 855. The maximum absolute atomic E-state index is 12.9. The topological polar surface area (TPSA) is 38.8 Å². The smallest absolute Gasteiger partial charge is 0.416 e. The number of rotatable bonds is 7. The first kappa shape index (κ1) is 23.6. The third-order valence-corrected chi connectivity index (χ3v) is 4.70. The van der Waals surface area contributed by atoms with Gasteiger partial charge >= 0.3 is 6.18 Å². The summed E-state index contributed by atoms with van der Waals surface area (Å²) >= 11 is 0. The molecule has 0 heterocycles. The summed E-state index contributed by atoms with van der Waals surface area (Å²) < 4.78 is 49.0. The Morgan fingerprint density at radius 3 is 1.97 bits per heavy atom. The molecular formula is C23H28F3NO3. The second kappa shape index (κ2) is 9.41. The number of amides is 1. The van der Waals surface area contributed by atoms with Crippen LogP contribution in [0.4, 0.5) is 13.2 Å². The van der Waals surface area contributed by atoms with Crippen LogP contribution in [0.25, 0.3) is 0 Å². The fourth-order valence-corrected chi connectivity index (χ4v) is 3.05. The van der Waals surface area contributed by atoms with Gasteiger partial charge in [0.1, 0.15) is 0 Å². The summed E-state index contributed by atoms with van der Waals surface area (Å²) in [4.78, 5) is 14.6. The van der Waals surface area contributed by atoms with E-state index in [9.17, 15) is 18.0 Å². The highest BCUT2D eigenvalue weighted by Gasteiger charge is 2.30. The van der Waals surface area contributed by atoms with E-state index in [2.05, 4.69) is 0 Å². The van der Waals surface area contributed by atoms with Gasteiger partial charge in [0.25, 0.3) is 0 Å². The van der Waals surface area contributed by atoms with Crippen molar-refractivity contribution in [2.24, 2.45) is 5.41 Å². The minimum atomic E-state index is -4.38. The molecule has 7 heteroatoms. The van der Waals surface area contributed by atoms with E-state index < -0.39 is 17.2 Å². The molecule has 0 aliphatic carbocycles. The van der Waals surface area contributed by atoms with E-state index >= 15 is 0 Å². The number of hydrogen-bond donors (Lipinski definition) is 0. The van der Waals surface area contributed by atoms with Crippen LogP contribution in [-0.4, -0.2) is 31.6 Å². The molecule has 4 nitrogen and oxygen atoms in total. The molecule has 0 saturated carbocycles. The van der Waals surface area contributed by atoms with Gasteiger partial charge in [0.05, 0.1) is 19.8 Å². The number of carbonyl (C=O) groups excluding carboxylic acids is 1. The van der Waals surface area contributed by atoms with Crippen LogP contribution < -0.4 is 9.47 Å². The van der Waals surface area contributed by atoms with Gasteiger partial charge in [-0.2, -0.15) is 13.2 Å². The molecule has 0 bridgehead atoms. The van der Waals surface area contributed by atoms with Gasteiger partial charge in [0, 0.05) is 18.5 Å². The number of methoxy groups -OCH3 is 2. The number of ether oxygens (including phenoxy) is 2. The van der Waals surface area contributed by atoms with Crippen molar-refractivity contribution in [3.63, 3.8) is 0 Å². The number of carbonyl (C=O) groups is 1. The summed E-state index contributed by atoms with van der Waals surface area (Å²) in [7, 11) is 3.12. The Morgan fingerprint density at radius 2 is 1.47 bits per heavy atom. The summed E-state index contributed by atoms with van der Waals surface area (Å²) in [6, 6.07) is 10.5. The molecule has 0 radical (unpaired) electrons. The molecule has 1 amide bonds. The van der Waals surface area contributed by atoms with Crippen molar-refractivity contribution in [2.45, 2.75) is 39.9 Å². The Labute approximate surface area is 175 Å². The van der Waals surface area contributed by atoms with Crippen molar-refractivity contribution in [3.05, 3.63) is 59.2 Å². The van der Waals surface area contributed by atoms with Crippen LogP contribution in [0.2, 0.25) is 0 Å². The standard InChI is InChI=1S/C23H28F3NO3/c1-22(2,3)21(28)27(15-17-6-9-18(10-7-17)23(24,25)26)13-12-16-8-11-19(29-4)20(14-16)30-5/h6-11,14H,12-13,15H2,1-5H3. The van der Waals surface area contributed by atoms with E-state index in [-0.39, 0.29) is 12.5 Å². The lowest BCUT2D eigenvalue weighted by Gasteiger charge is -2.30. The maximum Gasteiger partial charge on any atom is 0.416 e. The molecule has 0 aliphatic heterocycles. The quantitative estimate of drug-likeness (QED) is 0.603. The zero-order valence-electron chi connectivity index (χ0n) is 18.0. The third-order valence-electron chi connectivity index (χ3n) is 4.70. The average Bonchev–Trinajstić information content (AvgIpc) is 2.69. The Morgan fingerprint density at radius 1 is 0.900 bits per heavy atom. The lowest BCUT2D eigenvalue weighted by molar-refractivity contribution is -0.140. The summed E-state index contributed by atoms with van der Waals surface area (Å²) in [6.45, 7) is 6.14. The van der Waals surface area contributed by atoms with Crippen molar-refractivity contribution in [1.29, 1.82) is 0 Å². The van der Waals surface area contributed by atoms with Gasteiger partial charge in [-0.05, 0) is 41.8 Å². The summed E-state index contributed by atoms with van der Waals surface area (Å²) in [6.07, 6.45) is -3.81. The van der Waals surface area contributed by atoms with E-state index in [0.29, 0.717) is 30.0 Å². The highest BCUT2D eigenvalue weighted by molar-refractivity contribution is 5.81. The van der Waals surface area contributed by atoms with E-state index in [1.807, 2.05) is 32.9 Å². The normalized spacial score (nSPS) is 11.9. The minimum Gasteiger partial charge on any atom is -0.493 e. The van der Waals surface area contributed by atoms with Crippen molar-refractivity contribution >= 4 is 5.91 Å². The molecule has 2 rings (SSSR count). The molecule has 0 aromatic heterocycles. The van der Waals surface area contributed by atoms with Gasteiger partial charge < -0.3 is 14.4 Å². The van der Waals surface area contributed by atoms with E-state index in [4.69, 9.17) is 9.47 Å². The van der Waals surface area contributed by atoms with Gasteiger partial charge in [-0.15, -0.1) is 0 Å². The molecule has 0 spiro atoms. The number of nitrogens with zero attached hydrogens (tertiary/aromatic N) is 1. The number of benzene rings is 2. The van der Waals surface area contributed by atoms with Crippen molar-refractivity contribution in [2.75, 3.05) is 20.8 Å². The van der Waals surface area contributed by atoms with Crippen molar-refractivity contribution in [1.82, 2.24) is 4.90 Å². The third kappa shape index (κ3) is 6.15. The first-order valence-corrected chi connectivity index (χ1v) is 9.62. The summed E-state index contributed by atoms with van der Waals surface area (Å²) in [5.41, 5.74) is 0.300. The first-order chi connectivity index (χ1) is 14.0. The fourth-order valence-electron chi connectivity index (χ4n) is 3.05. The van der Waals surface area contributed by atoms with Gasteiger partial charge in [-0.25, -0.2) is 0 Å². The van der Waals surface area contributed by atoms with E-state index in [1.165, 1.54) is 12.1 Å². The minimum absolute atomic E-state index is 0.0668. The molecule has 0 unspecified atom stereocenters. The number of hydrogen-bond acceptors (Lipinski definition) is 3. The molecule has 0 aliphatic rings. The molecule has 0 saturated heterocycles. The SMILES string of the molecule is COc1ccc(CCN(Cc2ccc(C(F)(F)F)cc2)C(=O)C(C)(C)C)cc1OC. The van der Waals surface area contributed by atoms with Crippen LogP contribution >= 0.6 is 0 Å². The lowest BCUT2D eigenvalue weighted by atomic mass is 9.94. The van der Waals surface area contributed by atoms with Gasteiger partial charge in [0.15, 0.2) is 11.5 Å². The average molecular weight is 423 g/mol. The molecule has 30 heavy (non-hydrogen) atoms. The molecule has 2 aromatic rings. The highest BCUT2D eigenvalue weighted by Crippen LogP contribution is 2.30. The summed E-state index contributed by atoms with van der Waals surface area (Å²) in [5.74, 6) is 1.16. The fraction of sp³-hybridized carbons (Fsp3) is 0.435. The Balaban J connectivity index is 2.19. The highest BCUT2D eigenvalue weighted by atomic mass is 19.4. The molecular weight excluding hydrogens is 395 g/mol. The van der Waals surface area contributed by atoms with Crippen molar-refractivity contribution < 1.29 is 27.4 Å². The van der Waals surface area contributed by atoms with E-state index in [1.54, 1.807) is 25.2 Å². The molecule has 0 fully saturated rings.